The molecule has 11 heteroatoms. The van der Waals surface area contributed by atoms with Crippen LogP contribution < -0.4 is 10.1 Å². The second kappa shape index (κ2) is 11.0. The van der Waals surface area contributed by atoms with Crippen LogP contribution >= 0.6 is 0 Å². The van der Waals surface area contributed by atoms with E-state index in [-0.39, 0.29) is 24.6 Å². The average molecular weight is 534 g/mol. The van der Waals surface area contributed by atoms with Crippen LogP contribution in [-0.2, 0) is 27.0 Å². The molecule has 3 amide bonds. The number of hydrogen-bond donors (Lipinski definition) is 1. The predicted molar refractivity (Wildman–Crippen MR) is 131 cm³/mol. The van der Waals surface area contributed by atoms with E-state index in [0.717, 1.165) is 12.1 Å². The Morgan fingerprint density at radius 2 is 1.79 bits per heavy atom. The molecule has 2 aromatic rings. The van der Waals surface area contributed by atoms with Crippen LogP contribution in [0.15, 0.2) is 48.5 Å². The lowest BCUT2D eigenvalue weighted by Crippen LogP contribution is -2.59. The van der Waals surface area contributed by atoms with Crippen molar-refractivity contribution in [3.63, 3.8) is 0 Å². The normalized spacial score (nSPS) is 18.9. The molecule has 1 spiro atoms. The van der Waals surface area contributed by atoms with Gasteiger partial charge in [0.05, 0.1) is 19.3 Å². The smallest absolute Gasteiger partial charge is 0.416 e. The van der Waals surface area contributed by atoms with Crippen molar-refractivity contribution in [1.82, 2.24) is 15.1 Å². The van der Waals surface area contributed by atoms with Crippen molar-refractivity contribution < 1.29 is 37.0 Å². The molecule has 1 N–H and O–H groups in total. The topological polar surface area (TPSA) is 88.2 Å². The molecule has 0 saturated carbocycles. The van der Waals surface area contributed by atoms with Gasteiger partial charge in [-0.25, -0.2) is 0 Å². The van der Waals surface area contributed by atoms with Gasteiger partial charge in [-0.15, -0.1) is 0 Å². The largest absolute Gasteiger partial charge is 0.497 e. The maximum atomic E-state index is 13.8. The summed E-state index contributed by atoms with van der Waals surface area (Å²) in [6.07, 6.45) is -3.47. The minimum absolute atomic E-state index is 0.00116. The van der Waals surface area contributed by atoms with E-state index in [1.165, 1.54) is 24.1 Å². The van der Waals surface area contributed by atoms with Crippen molar-refractivity contribution in [3.8, 4) is 5.75 Å². The number of ether oxygens (including phenoxy) is 2. The fraction of sp³-hybridized carbons (Fsp3) is 0.444. The van der Waals surface area contributed by atoms with E-state index < -0.39 is 35.3 Å². The Bertz CT molecular complexity index is 1180. The van der Waals surface area contributed by atoms with Crippen molar-refractivity contribution in [2.75, 3.05) is 26.8 Å². The second-order valence-electron chi connectivity index (χ2n) is 9.33. The molecule has 0 aromatic heterocycles. The Balaban J connectivity index is 1.56. The molecule has 8 nitrogen and oxygen atoms in total. The van der Waals surface area contributed by atoms with Gasteiger partial charge >= 0.3 is 6.18 Å². The summed E-state index contributed by atoms with van der Waals surface area (Å²) in [5, 5.41) is 2.67. The molecule has 2 saturated heterocycles. The van der Waals surface area contributed by atoms with Gasteiger partial charge in [0.15, 0.2) is 0 Å². The zero-order valence-electron chi connectivity index (χ0n) is 21.2. The van der Waals surface area contributed by atoms with Crippen LogP contribution in [0.5, 0.6) is 5.75 Å². The first-order valence-corrected chi connectivity index (χ1v) is 12.4. The van der Waals surface area contributed by atoms with Gasteiger partial charge in [-0.1, -0.05) is 19.1 Å². The monoisotopic (exact) mass is 533 g/mol. The summed E-state index contributed by atoms with van der Waals surface area (Å²) >= 11 is 0. The molecular weight excluding hydrogens is 503 g/mol. The van der Waals surface area contributed by atoms with Gasteiger partial charge in [-0.05, 0) is 42.0 Å². The fourth-order valence-electron chi connectivity index (χ4n) is 4.93. The molecule has 0 radical (unpaired) electrons. The maximum absolute atomic E-state index is 13.8. The van der Waals surface area contributed by atoms with E-state index in [2.05, 4.69) is 5.32 Å². The van der Waals surface area contributed by atoms with Crippen LogP contribution in [-0.4, -0.2) is 66.1 Å². The van der Waals surface area contributed by atoms with Gasteiger partial charge in [0, 0.05) is 44.5 Å². The summed E-state index contributed by atoms with van der Waals surface area (Å²) in [4.78, 5) is 42.4. The van der Waals surface area contributed by atoms with E-state index in [9.17, 15) is 27.6 Å². The van der Waals surface area contributed by atoms with Crippen molar-refractivity contribution in [1.29, 1.82) is 0 Å². The SMILES string of the molecule is CCC(=O)N1CCC2(CC1)OCC(C(=O)NCc1cccc(C(F)(F)F)c1)N2C(=O)c1ccc(OC)cc1. The standard InChI is InChI=1S/C27H30F3N3O5/c1-3-23(34)32-13-11-26(12-14-32)33(25(36)19-7-9-21(37-2)10-8-19)22(17-38-26)24(35)31-16-18-5-4-6-20(15-18)27(28,29)30/h4-10,15,22H,3,11-14,16-17H2,1-2H3,(H,31,35). The van der Waals surface area contributed by atoms with E-state index in [1.807, 2.05) is 0 Å². The lowest BCUT2D eigenvalue weighted by molar-refractivity contribution is -0.143. The molecule has 204 valence electrons. The molecule has 38 heavy (non-hydrogen) atoms. The number of nitrogens with zero attached hydrogens (tertiary/aromatic N) is 2. The summed E-state index contributed by atoms with van der Waals surface area (Å²) in [5.74, 6) is -0.384. The summed E-state index contributed by atoms with van der Waals surface area (Å²) in [5.41, 5.74) is -1.28. The van der Waals surface area contributed by atoms with Crippen LogP contribution in [0, 0.1) is 0 Å². The Morgan fingerprint density at radius 1 is 1.11 bits per heavy atom. The summed E-state index contributed by atoms with van der Waals surface area (Å²) in [6, 6.07) is 10.2. The first-order valence-electron chi connectivity index (χ1n) is 12.4. The third-order valence-corrected chi connectivity index (χ3v) is 7.04. The molecule has 1 atom stereocenters. The number of piperidine rings is 1. The second-order valence-corrected chi connectivity index (χ2v) is 9.33. The lowest BCUT2D eigenvalue weighted by atomic mass is 9.96. The minimum atomic E-state index is -4.50. The Morgan fingerprint density at radius 3 is 2.39 bits per heavy atom. The number of amides is 3. The van der Waals surface area contributed by atoms with E-state index in [1.54, 1.807) is 36.1 Å². The van der Waals surface area contributed by atoms with Gasteiger partial charge in [0.25, 0.3) is 5.91 Å². The fourth-order valence-corrected chi connectivity index (χ4v) is 4.93. The molecule has 2 aromatic carbocycles. The molecule has 2 aliphatic rings. The minimum Gasteiger partial charge on any atom is -0.497 e. The summed E-state index contributed by atoms with van der Waals surface area (Å²) in [6.45, 7) is 2.31. The number of nitrogens with one attached hydrogen (secondary N) is 1. The Kier molecular flexibility index (Phi) is 7.96. The van der Waals surface area contributed by atoms with Crippen LogP contribution in [0.25, 0.3) is 0 Å². The number of likely N-dealkylation sites (tertiary alicyclic amines) is 1. The maximum Gasteiger partial charge on any atom is 0.416 e. The van der Waals surface area contributed by atoms with E-state index in [0.29, 0.717) is 43.7 Å². The molecule has 4 rings (SSSR count). The molecular formula is C27H30F3N3O5. The molecule has 0 aliphatic carbocycles. The summed E-state index contributed by atoms with van der Waals surface area (Å²) in [7, 11) is 1.51. The molecule has 2 fully saturated rings. The zero-order chi connectivity index (χ0) is 27.5. The van der Waals surface area contributed by atoms with Gasteiger partial charge in [0.2, 0.25) is 11.8 Å². The van der Waals surface area contributed by atoms with Crippen LogP contribution in [0.2, 0.25) is 0 Å². The summed E-state index contributed by atoms with van der Waals surface area (Å²) < 4.78 is 50.5. The number of carbonyl (C=O) groups is 3. The van der Waals surface area contributed by atoms with Gasteiger partial charge < -0.3 is 19.7 Å². The molecule has 0 bridgehead atoms. The highest BCUT2D eigenvalue weighted by molar-refractivity contribution is 5.98. The average Bonchev–Trinajstić information content (AvgIpc) is 3.29. The third kappa shape index (κ3) is 5.62. The van der Waals surface area contributed by atoms with Crippen LogP contribution in [0.1, 0.15) is 47.7 Å². The molecule has 2 heterocycles. The molecule has 2 aliphatic heterocycles. The number of methoxy groups -OCH3 is 1. The number of benzene rings is 2. The highest BCUT2D eigenvalue weighted by Gasteiger charge is 2.54. The van der Waals surface area contributed by atoms with E-state index >= 15 is 0 Å². The number of hydrogen-bond acceptors (Lipinski definition) is 5. The highest BCUT2D eigenvalue weighted by Crippen LogP contribution is 2.39. The van der Waals surface area contributed by atoms with Gasteiger partial charge in [-0.2, -0.15) is 13.2 Å². The molecule has 1 unspecified atom stereocenters. The van der Waals surface area contributed by atoms with Crippen molar-refractivity contribution in [2.45, 2.75) is 50.7 Å². The number of rotatable bonds is 6. The van der Waals surface area contributed by atoms with Gasteiger partial charge in [-0.3, -0.25) is 19.3 Å². The van der Waals surface area contributed by atoms with Crippen molar-refractivity contribution >= 4 is 17.7 Å². The van der Waals surface area contributed by atoms with Crippen LogP contribution in [0.4, 0.5) is 13.2 Å². The van der Waals surface area contributed by atoms with Crippen molar-refractivity contribution in [2.24, 2.45) is 0 Å². The number of alkyl halides is 3. The number of halogens is 3. The zero-order valence-corrected chi connectivity index (χ0v) is 21.2. The quantitative estimate of drug-likeness (QED) is 0.613. The van der Waals surface area contributed by atoms with Gasteiger partial charge in [0.1, 0.15) is 17.5 Å². The van der Waals surface area contributed by atoms with Crippen LogP contribution in [0.3, 0.4) is 0 Å². The number of carbonyl (C=O) groups excluding carboxylic acids is 3. The predicted octanol–water partition coefficient (Wildman–Crippen LogP) is 3.60. The first kappa shape index (κ1) is 27.4. The van der Waals surface area contributed by atoms with E-state index in [4.69, 9.17) is 9.47 Å². The lowest BCUT2D eigenvalue weighted by Gasteiger charge is -2.44. The Hall–Kier alpha value is -3.60. The van der Waals surface area contributed by atoms with Crippen molar-refractivity contribution in [3.05, 3.63) is 65.2 Å². The highest BCUT2D eigenvalue weighted by atomic mass is 19.4. The third-order valence-electron chi connectivity index (χ3n) is 7.04. The Labute approximate surface area is 218 Å². The first-order chi connectivity index (χ1) is 18.1.